The molecule has 1 aromatic rings. The van der Waals surface area contributed by atoms with Gasteiger partial charge in [0.2, 0.25) is 0 Å². The van der Waals surface area contributed by atoms with Crippen molar-refractivity contribution in [2.45, 2.75) is 20.8 Å². The van der Waals surface area contributed by atoms with Crippen LogP contribution in [0.1, 0.15) is 25.1 Å². The van der Waals surface area contributed by atoms with E-state index in [-0.39, 0.29) is 0 Å². The Labute approximate surface area is 96.3 Å². The summed E-state index contributed by atoms with van der Waals surface area (Å²) in [4.78, 5) is 4.09. The van der Waals surface area contributed by atoms with Gasteiger partial charge in [0.25, 0.3) is 0 Å². The zero-order chi connectivity index (χ0) is 10.1. The third-order valence-electron chi connectivity index (χ3n) is 1.13. The lowest BCUT2D eigenvalue weighted by atomic mass is 10.2. The summed E-state index contributed by atoms with van der Waals surface area (Å²) in [6.45, 7) is 6.03. The van der Waals surface area contributed by atoms with Gasteiger partial charge in [-0.05, 0) is 44.7 Å². The Bertz CT molecular complexity index is 301. The minimum absolute atomic E-state index is 0.842. The SMILES string of the molecule is CC.Cc1ccnc(C#CSI)c1. The molecule has 70 valence electrons. The summed E-state index contributed by atoms with van der Waals surface area (Å²) in [6.07, 6.45) is 1.78. The van der Waals surface area contributed by atoms with Crippen LogP contribution in [0.5, 0.6) is 0 Å². The zero-order valence-electron chi connectivity index (χ0n) is 7.97. The minimum Gasteiger partial charge on any atom is -0.248 e. The van der Waals surface area contributed by atoms with E-state index in [1.807, 2.05) is 32.9 Å². The van der Waals surface area contributed by atoms with E-state index < -0.39 is 0 Å². The summed E-state index contributed by atoms with van der Waals surface area (Å²) in [6, 6.07) is 3.93. The van der Waals surface area contributed by atoms with E-state index in [0.717, 1.165) is 5.69 Å². The van der Waals surface area contributed by atoms with Crippen LogP contribution in [0.15, 0.2) is 18.3 Å². The molecule has 0 saturated heterocycles. The van der Waals surface area contributed by atoms with Crippen LogP contribution in [0.25, 0.3) is 0 Å². The highest BCUT2D eigenvalue weighted by molar-refractivity contribution is 14.2. The summed E-state index contributed by atoms with van der Waals surface area (Å²) in [5, 5.41) is 2.88. The fraction of sp³-hybridized carbons (Fsp3) is 0.300. The molecule has 1 nitrogen and oxygen atoms in total. The highest BCUT2D eigenvalue weighted by atomic mass is 127. The number of hydrogen-bond acceptors (Lipinski definition) is 2. The molecule has 0 atom stereocenters. The largest absolute Gasteiger partial charge is 0.248 e. The first-order valence-electron chi connectivity index (χ1n) is 4.04. The van der Waals surface area contributed by atoms with Gasteiger partial charge in [0.15, 0.2) is 0 Å². The number of nitrogens with zero attached hydrogens (tertiary/aromatic N) is 1. The van der Waals surface area contributed by atoms with E-state index in [2.05, 4.69) is 37.4 Å². The second kappa shape index (κ2) is 8.39. The van der Waals surface area contributed by atoms with Crippen molar-refractivity contribution in [1.82, 2.24) is 4.98 Å². The van der Waals surface area contributed by atoms with Crippen molar-refractivity contribution < 1.29 is 0 Å². The molecule has 0 N–H and O–H groups in total. The second-order valence-corrected chi connectivity index (χ2v) is 3.70. The molecule has 1 aromatic heterocycles. The molecule has 0 aliphatic rings. The Kier molecular flexibility index (Phi) is 8.26. The maximum absolute atomic E-state index is 4.09. The Hall–Kier alpha value is -0.210. The van der Waals surface area contributed by atoms with Gasteiger partial charge in [-0.15, -0.1) is 0 Å². The number of halogens is 1. The van der Waals surface area contributed by atoms with Gasteiger partial charge in [0.1, 0.15) is 5.69 Å². The van der Waals surface area contributed by atoms with E-state index in [1.165, 1.54) is 14.5 Å². The van der Waals surface area contributed by atoms with Crippen LogP contribution in [0.3, 0.4) is 0 Å². The van der Waals surface area contributed by atoms with Crippen molar-refractivity contribution in [2.75, 3.05) is 0 Å². The quantitative estimate of drug-likeness (QED) is 0.534. The van der Waals surface area contributed by atoms with Crippen LogP contribution in [0.2, 0.25) is 0 Å². The molecule has 0 aliphatic carbocycles. The molecule has 0 saturated carbocycles. The van der Waals surface area contributed by atoms with E-state index in [4.69, 9.17) is 0 Å². The molecule has 0 amide bonds. The number of aromatic nitrogens is 1. The van der Waals surface area contributed by atoms with Crippen molar-refractivity contribution in [3.8, 4) is 11.2 Å². The Morgan fingerprint density at radius 1 is 1.46 bits per heavy atom. The molecule has 0 unspecified atom stereocenters. The van der Waals surface area contributed by atoms with Gasteiger partial charge in [-0.1, -0.05) is 13.8 Å². The van der Waals surface area contributed by atoms with Crippen LogP contribution in [0, 0.1) is 18.1 Å². The molecule has 3 heteroatoms. The van der Waals surface area contributed by atoms with Gasteiger partial charge in [0, 0.05) is 27.4 Å². The van der Waals surface area contributed by atoms with E-state index in [1.54, 1.807) is 6.20 Å². The standard InChI is InChI=1S/C8H6INS.C2H6/c1-7-2-4-10-8(6-7)3-5-11-9;1-2/h2,4,6H,1H3;1-2H3. The van der Waals surface area contributed by atoms with E-state index in [0.29, 0.717) is 0 Å². The number of rotatable bonds is 0. The normalized spacial score (nSPS) is 7.69. The molecule has 0 aromatic carbocycles. The lowest BCUT2D eigenvalue weighted by Gasteiger charge is -1.90. The Morgan fingerprint density at radius 2 is 2.15 bits per heavy atom. The van der Waals surface area contributed by atoms with Crippen molar-refractivity contribution in [2.24, 2.45) is 0 Å². The minimum atomic E-state index is 0.842. The van der Waals surface area contributed by atoms with Crippen molar-refractivity contribution in [3.05, 3.63) is 29.6 Å². The molecule has 0 bridgehead atoms. The predicted octanol–water partition coefficient (Wildman–Crippen LogP) is 3.81. The number of aryl methyl sites for hydroxylation is 1. The molecule has 0 aliphatic heterocycles. The summed E-state index contributed by atoms with van der Waals surface area (Å²) in [7, 11) is 1.47. The third kappa shape index (κ3) is 5.94. The summed E-state index contributed by atoms with van der Waals surface area (Å²) in [5.74, 6) is 2.93. The fourth-order valence-electron chi connectivity index (χ4n) is 0.676. The maximum atomic E-state index is 4.09. The van der Waals surface area contributed by atoms with Crippen LogP contribution in [-0.2, 0) is 0 Å². The monoisotopic (exact) mass is 305 g/mol. The molecule has 0 radical (unpaired) electrons. The van der Waals surface area contributed by atoms with E-state index in [9.17, 15) is 0 Å². The van der Waals surface area contributed by atoms with Crippen LogP contribution in [0.4, 0.5) is 0 Å². The highest BCUT2D eigenvalue weighted by Crippen LogP contribution is 2.07. The Morgan fingerprint density at radius 3 is 2.69 bits per heavy atom. The van der Waals surface area contributed by atoms with Gasteiger partial charge < -0.3 is 0 Å². The maximum Gasteiger partial charge on any atom is 0.114 e. The second-order valence-electron chi connectivity index (χ2n) is 2.02. The molecule has 1 rings (SSSR count). The topological polar surface area (TPSA) is 12.9 Å². The summed E-state index contributed by atoms with van der Waals surface area (Å²) < 4.78 is 0. The zero-order valence-corrected chi connectivity index (χ0v) is 10.9. The first-order valence-corrected chi connectivity index (χ1v) is 7.40. The molecule has 0 fully saturated rings. The first kappa shape index (κ1) is 12.8. The van der Waals surface area contributed by atoms with Crippen LogP contribution in [-0.4, -0.2) is 4.98 Å². The van der Waals surface area contributed by atoms with Gasteiger partial charge in [-0.2, -0.15) is 0 Å². The van der Waals surface area contributed by atoms with Gasteiger partial charge in [-0.3, -0.25) is 0 Å². The first-order chi connectivity index (χ1) is 6.33. The van der Waals surface area contributed by atoms with Crippen molar-refractivity contribution in [3.63, 3.8) is 0 Å². The molecular formula is C10H12INS. The predicted molar refractivity (Wildman–Crippen MR) is 68.8 cm³/mol. The third-order valence-corrected chi connectivity index (χ3v) is 1.97. The van der Waals surface area contributed by atoms with Crippen LogP contribution < -0.4 is 0 Å². The molecule has 1 heterocycles. The Balaban J connectivity index is 0.000000671. The lowest BCUT2D eigenvalue weighted by Crippen LogP contribution is -1.81. The van der Waals surface area contributed by atoms with Gasteiger partial charge >= 0.3 is 0 Å². The van der Waals surface area contributed by atoms with Gasteiger partial charge in [0.05, 0.1) is 0 Å². The highest BCUT2D eigenvalue weighted by Gasteiger charge is 1.86. The van der Waals surface area contributed by atoms with E-state index >= 15 is 0 Å². The average Bonchev–Trinajstić information content (AvgIpc) is 2.18. The molecule has 0 spiro atoms. The average molecular weight is 305 g/mol. The van der Waals surface area contributed by atoms with Crippen molar-refractivity contribution in [1.29, 1.82) is 0 Å². The summed E-state index contributed by atoms with van der Waals surface area (Å²) in [5.41, 5.74) is 2.04. The van der Waals surface area contributed by atoms with Crippen molar-refractivity contribution >= 4 is 30.1 Å². The molecular weight excluding hydrogens is 293 g/mol. The summed E-state index contributed by atoms with van der Waals surface area (Å²) >= 11 is 2.14. The number of hydrogen-bond donors (Lipinski definition) is 0. The fourth-order valence-corrected chi connectivity index (χ4v) is 1.15. The van der Waals surface area contributed by atoms with Crippen LogP contribution >= 0.6 is 30.1 Å². The molecule has 13 heavy (non-hydrogen) atoms. The van der Waals surface area contributed by atoms with Gasteiger partial charge in [-0.25, -0.2) is 4.98 Å². The lowest BCUT2D eigenvalue weighted by molar-refractivity contribution is 1.25. The number of pyridine rings is 1. The smallest absolute Gasteiger partial charge is 0.114 e.